The smallest absolute Gasteiger partial charge is 0.205 e. The lowest BCUT2D eigenvalue weighted by Gasteiger charge is -2.39. The molecule has 0 amide bonds. The third kappa shape index (κ3) is 2.85. The Morgan fingerprint density at radius 3 is 2.56 bits per heavy atom. The van der Waals surface area contributed by atoms with Gasteiger partial charge in [-0.1, -0.05) is 56.3 Å². The molecule has 1 N–H and O–H groups in total. The summed E-state index contributed by atoms with van der Waals surface area (Å²) in [5.41, 5.74) is 1.82. The third-order valence-electron chi connectivity index (χ3n) is 4.74. The number of hydrogen-bond acceptors (Lipinski definition) is 4. The van der Waals surface area contributed by atoms with E-state index in [2.05, 4.69) is 15.5 Å². The lowest BCUT2D eigenvalue weighted by Crippen LogP contribution is -2.37. The highest BCUT2D eigenvalue weighted by Gasteiger charge is 2.32. The van der Waals surface area contributed by atoms with Crippen molar-refractivity contribution in [3.8, 4) is 0 Å². The van der Waals surface area contributed by atoms with Crippen LogP contribution in [0.2, 0.25) is 0 Å². The summed E-state index contributed by atoms with van der Waals surface area (Å²) >= 11 is 1.63. The van der Waals surface area contributed by atoms with Gasteiger partial charge in [-0.2, -0.15) is 0 Å². The van der Waals surface area contributed by atoms with Gasteiger partial charge in [-0.15, -0.1) is 10.2 Å². The van der Waals surface area contributed by atoms with E-state index in [9.17, 15) is 0 Å². The van der Waals surface area contributed by atoms with Crippen molar-refractivity contribution < 1.29 is 0 Å². The Hall–Kier alpha value is -0.640. The summed E-state index contributed by atoms with van der Waals surface area (Å²) in [5, 5.41) is 12.7. The van der Waals surface area contributed by atoms with E-state index in [0.29, 0.717) is 6.04 Å². The van der Waals surface area contributed by atoms with Crippen LogP contribution >= 0.6 is 11.3 Å². The molecule has 0 bridgehead atoms. The summed E-state index contributed by atoms with van der Waals surface area (Å²) in [6, 6.07) is 0.648. The largest absolute Gasteiger partial charge is 0.357 e. The van der Waals surface area contributed by atoms with Gasteiger partial charge in [0.1, 0.15) is 5.51 Å². The predicted molar refractivity (Wildman–Crippen MR) is 75.9 cm³/mol. The molecule has 0 radical (unpaired) electrons. The van der Waals surface area contributed by atoms with E-state index in [1.165, 1.54) is 57.8 Å². The van der Waals surface area contributed by atoms with E-state index in [0.717, 1.165) is 17.0 Å². The minimum atomic E-state index is 0.648. The number of anilines is 1. The van der Waals surface area contributed by atoms with Crippen LogP contribution in [0.1, 0.15) is 57.8 Å². The van der Waals surface area contributed by atoms with Gasteiger partial charge in [-0.05, 0) is 24.7 Å². The lowest BCUT2D eigenvalue weighted by atomic mass is 9.71. The fourth-order valence-electron chi connectivity index (χ4n) is 3.86. The number of hydrogen-bond donors (Lipinski definition) is 1. The number of nitrogens with zero attached hydrogens (tertiary/aromatic N) is 2. The molecule has 4 heteroatoms. The Bertz CT molecular complexity index is 346. The Morgan fingerprint density at radius 1 is 1.00 bits per heavy atom. The zero-order chi connectivity index (χ0) is 12.2. The van der Waals surface area contributed by atoms with Crippen LogP contribution in [0, 0.1) is 11.8 Å². The van der Waals surface area contributed by atoms with E-state index in [1.54, 1.807) is 11.3 Å². The minimum Gasteiger partial charge on any atom is -0.357 e. The molecule has 2 aliphatic carbocycles. The molecule has 3 rings (SSSR count). The average molecular weight is 265 g/mol. The maximum Gasteiger partial charge on any atom is 0.205 e. The number of rotatable bonds is 3. The summed E-state index contributed by atoms with van der Waals surface area (Å²) in [6.07, 6.45) is 12.8. The van der Waals surface area contributed by atoms with Crippen molar-refractivity contribution in [3.05, 3.63) is 5.51 Å². The molecule has 2 fully saturated rings. The van der Waals surface area contributed by atoms with Crippen LogP contribution in [0.5, 0.6) is 0 Å². The second-order valence-corrected chi connectivity index (χ2v) is 6.67. The highest BCUT2D eigenvalue weighted by atomic mass is 32.1. The first-order chi connectivity index (χ1) is 8.93. The lowest BCUT2D eigenvalue weighted by molar-refractivity contribution is 0.180. The highest BCUT2D eigenvalue weighted by molar-refractivity contribution is 7.13. The quantitative estimate of drug-likeness (QED) is 0.894. The third-order valence-corrected chi connectivity index (χ3v) is 5.37. The zero-order valence-electron chi connectivity index (χ0n) is 11.0. The molecule has 0 spiro atoms. The van der Waals surface area contributed by atoms with Crippen molar-refractivity contribution in [2.24, 2.45) is 11.8 Å². The van der Waals surface area contributed by atoms with Crippen molar-refractivity contribution in [1.82, 2.24) is 10.2 Å². The van der Waals surface area contributed by atoms with E-state index < -0.39 is 0 Å². The van der Waals surface area contributed by atoms with Gasteiger partial charge in [-0.25, -0.2) is 0 Å². The van der Waals surface area contributed by atoms with Crippen molar-refractivity contribution in [3.63, 3.8) is 0 Å². The molecule has 2 atom stereocenters. The first-order valence-corrected chi connectivity index (χ1v) is 8.34. The topological polar surface area (TPSA) is 37.8 Å². The molecular formula is C14H23N3S. The van der Waals surface area contributed by atoms with Gasteiger partial charge in [-0.3, -0.25) is 0 Å². The monoisotopic (exact) mass is 265 g/mol. The van der Waals surface area contributed by atoms with Crippen LogP contribution < -0.4 is 5.32 Å². The Kier molecular flexibility index (Phi) is 4.13. The van der Waals surface area contributed by atoms with E-state index in [1.807, 2.05) is 5.51 Å². The SMILES string of the molecule is c1nnc(NC2CCCCC2C2CCCCC2)s1. The molecule has 2 saturated carbocycles. The van der Waals surface area contributed by atoms with Crippen LogP contribution in [0.4, 0.5) is 5.13 Å². The van der Waals surface area contributed by atoms with E-state index in [4.69, 9.17) is 0 Å². The molecule has 1 aromatic heterocycles. The molecule has 1 heterocycles. The van der Waals surface area contributed by atoms with Crippen molar-refractivity contribution in [2.45, 2.75) is 63.8 Å². The van der Waals surface area contributed by atoms with Crippen molar-refractivity contribution >= 4 is 16.5 Å². The Balaban J connectivity index is 1.65. The normalized spacial score (nSPS) is 30.2. The van der Waals surface area contributed by atoms with Crippen LogP contribution in [0.15, 0.2) is 5.51 Å². The minimum absolute atomic E-state index is 0.648. The summed E-state index contributed by atoms with van der Waals surface area (Å²) in [4.78, 5) is 0. The average Bonchev–Trinajstić information content (AvgIpc) is 2.93. The van der Waals surface area contributed by atoms with Gasteiger partial charge < -0.3 is 5.32 Å². The fourth-order valence-corrected chi connectivity index (χ4v) is 4.37. The molecule has 2 aliphatic rings. The number of nitrogens with one attached hydrogen (secondary N) is 1. The molecule has 0 saturated heterocycles. The van der Waals surface area contributed by atoms with Gasteiger partial charge in [0.15, 0.2) is 0 Å². The molecule has 0 aromatic carbocycles. The van der Waals surface area contributed by atoms with Crippen LogP contribution in [0.25, 0.3) is 0 Å². The van der Waals surface area contributed by atoms with Gasteiger partial charge >= 0.3 is 0 Å². The second-order valence-electron chi connectivity index (χ2n) is 5.84. The summed E-state index contributed by atoms with van der Waals surface area (Å²) in [6.45, 7) is 0. The van der Waals surface area contributed by atoms with Gasteiger partial charge in [0, 0.05) is 6.04 Å². The van der Waals surface area contributed by atoms with Gasteiger partial charge in [0.2, 0.25) is 5.13 Å². The van der Waals surface area contributed by atoms with Crippen molar-refractivity contribution in [2.75, 3.05) is 5.32 Å². The number of aromatic nitrogens is 2. The summed E-state index contributed by atoms with van der Waals surface area (Å²) < 4.78 is 0. The Labute approximate surface area is 113 Å². The molecular weight excluding hydrogens is 242 g/mol. The molecule has 18 heavy (non-hydrogen) atoms. The molecule has 0 aliphatic heterocycles. The molecule has 100 valence electrons. The predicted octanol–water partition coefficient (Wildman–Crippen LogP) is 4.09. The standard InChI is InChI=1S/C14H23N3S/c1-2-6-11(7-3-1)12-8-4-5-9-13(12)16-14-17-15-10-18-14/h10-13H,1-9H2,(H,16,17). The van der Waals surface area contributed by atoms with Crippen molar-refractivity contribution in [1.29, 1.82) is 0 Å². The van der Waals surface area contributed by atoms with Crippen LogP contribution in [0.3, 0.4) is 0 Å². The summed E-state index contributed by atoms with van der Waals surface area (Å²) in [7, 11) is 0. The van der Waals surface area contributed by atoms with E-state index >= 15 is 0 Å². The Morgan fingerprint density at radius 2 is 1.78 bits per heavy atom. The maximum absolute atomic E-state index is 4.15. The van der Waals surface area contributed by atoms with Crippen LogP contribution in [-0.2, 0) is 0 Å². The zero-order valence-corrected chi connectivity index (χ0v) is 11.8. The summed E-state index contributed by atoms with van der Waals surface area (Å²) in [5.74, 6) is 1.84. The molecule has 2 unspecified atom stereocenters. The maximum atomic E-state index is 4.15. The fraction of sp³-hybridized carbons (Fsp3) is 0.857. The molecule has 3 nitrogen and oxygen atoms in total. The second kappa shape index (κ2) is 6.00. The first-order valence-electron chi connectivity index (χ1n) is 7.46. The van der Waals surface area contributed by atoms with Gasteiger partial charge in [0.25, 0.3) is 0 Å². The highest BCUT2D eigenvalue weighted by Crippen LogP contribution is 2.39. The van der Waals surface area contributed by atoms with E-state index in [-0.39, 0.29) is 0 Å². The van der Waals surface area contributed by atoms with Gasteiger partial charge in [0.05, 0.1) is 0 Å². The first kappa shape index (κ1) is 12.4. The molecule has 1 aromatic rings. The van der Waals surface area contributed by atoms with Crippen LogP contribution in [-0.4, -0.2) is 16.2 Å².